The van der Waals surface area contributed by atoms with Crippen molar-refractivity contribution in [2.45, 2.75) is 18.6 Å². The molecule has 1 saturated heterocycles. The quantitative estimate of drug-likeness (QED) is 0.650. The molecule has 0 saturated carbocycles. The molecule has 2 unspecified atom stereocenters. The second-order valence-corrected chi connectivity index (χ2v) is 5.06. The SMILES string of the molecule is NNC(Cc1ccc(F)c(Br)c1)C1COCCO1. The van der Waals surface area contributed by atoms with Crippen LogP contribution in [0.5, 0.6) is 0 Å². The summed E-state index contributed by atoms with van der Waals surface area (Å²) < 4.78 is 24.6. The lowest BCUT2D eigenvalue weighted by molar-refractivity contribution is -0.101. The molecule has 0 bridgehead atoms. The van der Waals surface area contributed by atoms with E-state index in [0.29, 0.717) is 30.7 Å². The number of hydrogen-bond donors (Lipinski definition) is 2. The van der Waals surface area contributed by atoms with Crippen LogP contribution in [0.15, 0.2) is 22.7 Å². The van der Waals surface area contributed by atoms with Crippen LogP contribution in [0.3, 0.4) is 0 Å². The van der Waals surface area contributed by atoms with E-state index in [1.54, 1.807) is 12.1 Å². The highest BCUT2D eigenvalue weighted by Crippen LogP contribution is 2.19. The summed E-state index contributed by atoms with van der Waals surface area (Å²) in [6, 6.07) is 4.88. The van der Waals surface area contributed by atoms with E-state index in [1.165, 1.54) is 6.07 Å². The fourth-order valence-electron chi connectivity index (χ4n) is 1.96. The van der Waals surface area contributed by atoms with E-state index in [0.717, 1.165) is 5.56 Å². The van der Waals surface area contributed by atoms with Gasteiger partial charge in [0.05, 0.1) is 36.4 Å². The molecule has 1 aliphatic rings. The molecular formula is C12H16BrFN2O2. The van der Waals surface area contributed by atoms with Gasteiger partial charge < -0.3 is 9.47 Å². The van der Waals surface area contributed by atoms with Gasteiger partial charge in [-0.15, -0.1) is 0 Å². The summed E-state index contributed by atoms with van der Waals surface area (Å²) in [6.45, 7) is 1.73. The van der Waals surface area contributed by atoms with Crippen molar-refractivity contribution in [3.8, 4) is 0 Å². The van der Waals surface area contributed by atoms with Crippen molar-refractivity contribution in [3.05, 3.63) is 34.1 Å². The van der Waals surface area contributed by atoms with Gasteiger partial charge >= 0.3 is 0 Å². The Labute approximate surface area is 114 Å². The monoisotopic (exact) mass is 318 g/mol. The van der Waals surface area contributed by atoms with Crippen molar-refractivity contribution in [2.75, 3.05) is 19.8 Å². The van der Waals surface area contributed by atoms with E-state index in [-0.39, 0.29) is 18.0 Å². The molecular weight excluding hydrogens is 303 g/mol. The summed E-state index contributed by atoms with van der Waals surface area (Å²) >= 11 is 3.17. The smallest absolute Gasteiger partial charge is 0.137 e. The summed E-state index contributed by atoms with van der Waals surface area (Å²) in [5.74, 6) is 5.28. The minimum absolute atomic E-state index is 0.0531. The van der Waals surface area contributed by atoms with Gasteiger partial charge in [0.15, 0.2) is 0 Å². The zero-order chi connectivity index (χ0) is 13.0. The van der Waals surface area contributed by atoms with Crippen molar-refractivity contribution >= 4 is 15.9 Å². The van der Waals surface area contributed by atoms with Crippen LogP contribution < -0.4 is 11.3 Å². The summed E-state index contributed by atoms with van der Waals surface area (Å²) in [6.07, 6.45) is 0.580. The normalized spacial score (nSPS) is 21.8. The first kappa shape index (κ1) is 13.9. The van der Waals surface area contributed by atoms with E-state index < -0.39 is 0 Å². The van der Waals surface area contributed by atoms with Crippen LogP contribution in [0.1, 0.15) is 5.56 Å². The van der Waals surface area contributed by atoms with Gasteiger partial charge in [-0.3, -0.25) is 11.3 Å². The number of benzene rings is 1. The first-order valence-corrected chi connectivity index (χ1v) is 6.59. The van der Waals surface area contributed by atoms with Crippen LogP contribution in [0.25, 0.3) is 0 Å². The van der Waals surface area contributed by atoms with Crippen molar-refractivity contribution in [1.82, 2.24) is 5.43 Å². The number of hydrazine groups is 1. The Kier molecular flexibility index (Phi) is 5.08. The molecule has 6 heteroatoms. The maximum absolute atomic E-state index is 13.1. The predicted molar refractivity (Wildman–Crippen MR) is 69.5 cm³/mol. The summed E-state index contributed by atoms with van der Waals surface area (Å²) in [7, 11) is 0. The first-order valence-electron chi connectivity index (χ1n) is 5.80. The molecule has 1 aliphatic heterocycles. The molecule has 1 heterocycles. The van der Waals surface area contributed by atoms with Crippen molar-refractivity contribution in [1.29, 1.82) is 0 Å². The predicted octanol–water partition coefficient (Wildman–Crippen LogP) is 1.38. The molecule has 2 rings (SSSR count). The summed E-state index contributed by atoms with van der Waals surface area (Å²) in [5, 5.41) is 0. The Balaban J connectivity index is 2.02. The largest absolute Gasteiger partial charge is 0.376 e. The molecule has 1 fully saturated rings. The lowest BCUT2D eigenvalue weighted by Crippen LogP contribution is -2.50. The van der Waals surface area contributed by atoms with E-state index in [1.807, 2.05) is 0 Å². The molecule has 0 spiro atoms. The van der Waals surface area contributed by atoms with Gasteiger partial charge in [0, 0.05) is 0 Å². The van der Waals surface area contributed by atoms with E-state index in [2.05, 4.69) is 21.4 Å². The Bertz CT molecular complexity index is 400. The third-order valence-corrected chi connectivity index (χ3v) is 3.55. The Hall–Kier alpha value is -0.530. The molecule has 4 nitrogen and oxygen atoms in total. The van der Waals surface area contributed by atoms with Gasteiger partial charge in [0.25, 0.3) is 0 Å². The van der Waals surface area contributed by atoms with Gasteiger partial charge in [-0.25, -0.2) is 4.39 Å². The average molecular weight is 319 g/mol. The van der Waals surface area contributed by atoms with Crippen LogP contribution in [0.4, 0.5) is 4.39 Å². The van der Waals surface area contributed by atoms with Crippen molar-refractivity contribution < 1.29 is 13.9 Å². The number of hydrogen-bond acceptors (Lipinski definition) is 4. The van der Waals surface area contributed by atoms with Gasteiger partial charge in [-0.2, -0.15) is 0 Å². The first-order chi connectivity index (χ1) is 8.70. The highest BCUT2D eigenvalue weighted by Gasteiger charge is 2.24. The molecule has 0 radical (unpaired) electrons. The minimum atomic E-state index is -0.270. The number of halogens is 2. The maximum Gasteiger partial charge on any atom is 0.137 e. The van der Waals surface area contributed by atoms with Gasteiger partial charge in [-0.05, 0) is 40.0 Å². The molecule has 0 aliphatic carbocycles. The second kappa shape index (κ2) is 6.58. The second-order valence-electron chi connectivity index (χ2n) is 4.21. The lowest BCUT2D eigenvalue weighted by atomic mass is 10.0. The van der Waals surface area contributed by atoms with Crippen LogP contribution in [-0.2, 0) is 15.9 Å². The molecule has 0 aromatic heterocycles. The molecule has 1 aromatic carbocycles. The highest BCUT2D eigenvalue weighted by molar-refractivity contribution is 9.10. The number of nitrogens with two attached hydrogens (primary N) is 1. The highest BCUT2D eigenvalue weighted by atomic mass is 79.9. The Morgan fingerprint density at radius 3 is 2.94 bits per heavy atom. The Morgan fingerprint density at radius 1 is 1.50 bits per heavy atom. The van der Waals surface area contributed by atoms with Gasteiger partial charge in [-0.1, -0.05) is 6.07 Å². The Morgan fingerprint density at radius 2 is 2.33 bits per heavy atom. The topological polar surface area (TPSA) is 56.5 Å². The zero-order valence-electron chi connectivity index (χ0n) is 9.86. The van der Waals surface area contributed by atoms with E-state index in [9.17, 15) is 4.39 Å². The molecule has 100 valence electrons. The third-order valence-electron chi connectivity index (χ3n) is 2.94. The standard InChI is InChI=1S/C12H16BrFN2O2/c13-9-5-8(1-2-10(9)14)6-11(16-15)12-7-17-3-4-18-12/h1-2,5,11-12,16H,3-4,6-7,15H2. The molecule has 1 aromatic rings. The van der Waals surface area contributed by atoms with E-state index >= 15 is 0 Å². The molecule has 3 N–H and O–H groups in total. The summed E-state index contributed by atoms with van der Waals surface area (Å²) in [4.78, 5) is 0. The van der Waals surface area contributed by atoms with Gasteiger partial charge in [0.1, 0.15) is 5.82 Å². The molecule has 18 heavy (non-hydrogen) atoms. The zero-order valence-corrected chi connectivity index (χ0v) is 11.5. The lowest BCUT2D eigenvalue weighted by Gasteiger charge is -2.30. The maximum atomic E-state index is 13.1. The molecule has 0 amide bonds. The van der Waals surface area contributed by atoms with Crippen molar-refractivity contribution in [3.63, 3.8) is 0 Å². The third kappa shape index (κ3) is 3.49. The van der Waals surface area contributed by atoms with Crippen LogP contribution in [-0.4, -0.2) is 32.0 Å². The average Bonchev–Trinajstić information content (AvgIpc) is 2.41. The molecule has 2 atom stereocenters. The van der Waals surface area contributed by atoms with E-state index in [4.69, 9.17) is 15.3 Å². The minimum Gasteiger partial charge on any atom is -0.376 e. The van der Waals surface area contributed by atoms with Crippen molar-refractivity contribution in [2.24, 2.45) is 5.84 Å². The van der Waals surface area contributed by atoms with Gasteiger partial charge in [0.2, 0.25) is 0 Å². The fourth-order valence-corrected chi connectivity index (χ4v) is 2.38. The number of ether oxygens (including phenoxy) is 2. The van der Waals surface area contributed by atoms with Crippen LogP contribution >= 0.6 is 15.9 Å². The number of nitrogens with one attached hydrogen (secondary N) is 1. The van der Waals surface area contributed by atoms with Crippen LogP contribution in [0, 0.1) is 5.82 Å². The fraction of sp³-hybridized carbons (Fsp3) is 0.500. The summed E-state index contributed by atoms with van der Waals surface area (Å²) in [5.41, 5.74) is 3.73. The van der Waals surface area contributed by atoms with Crippen LogP contribution in [0.2, 0.25) is 0 Å². The number of rotatable bonds is 4.